The number of amidine groups is 1. The molecule has 2 aromatic carbocycles. The Labute approximate surface area is 245 Å². The van der Waals surface area contributed by atoms with Crippen LogP contribution in [0.15, 0.2) is 69.8 Å². The minimum absolute atomic E-state index is 0.147. The first-order chi connectivity index (χ1) is 18.1. The summed E-state index contributed by atoms with van der Waals surface area (Å²) in [7, 11) is 5.82. The molecule has 5 rings (SSSR count). The van der Waals surface area contributed by atoms with Gasteiger partial charge < -0.3 is 10.2 Å². The standard InChI is InChI=1S/C26H24Br2N6O2S2/c1-15-20(22(35)34(33(15)4)18-8-6-5-7-9-18)19-14-37-24(29-19)31-25-30-23(36)26(28,38-25)21(27)16-10-12-17(13-11-16)32(2)3/h5-14,21H,1-4H3,(H,29,30,31,36). The second-order valence-electron chi connectivity index (χ2n) is 8.92. The molecule has 1 amide bonds. The molecule has 2 aromatic heterocycles. The van der Waals surface area contributed by atoms with Gasteiger partial charge >= 0.3 is 0 Å². The van der Waals surface area contributed by atoms with E-state index in [1.54, 1.807) is 4.68 Å². The maximum atomic E-state index is 13.4. The molecule has 1 saturated heterocycles. The Morgan fingerprint density at radius 3 is 2.45 bits per heavy atom. The van der Waals surface area contributed by atoms with Gasteiger partial charge in [-0.25, -0.2) is 9.67 Å². The molecular weight excluding hydrogens is 652 g/mol. The summed E-state index contributed by atoms with van der Waals surface area (Å²) in [5, 5.41) is 5.58. The van der Waals surface area contributed by atoms with Gasteiger partial charge in [0.25, 0.3) is 11.5 Å². The number of nitrogens with zero attached hydrogens (tertiary/aromatic N) is 5. The van der Waals surface area contributed by atoms with Gasteiger partial charge in [-0.15, -0.1) is 11.3 Å². The van der Waals surface area contributed by atoms with Gasteiger partial charge in [0.2, 0.25) is 5.13 Å². The van der Waals surface area contributed by atoms with Crippen LogP contribution in [-0.2, 0) is 11.8 Å². The molecular formula is C26H24Br2N6O2S2. The maximum Gasteiger partial charge on any atom is 0.281 e. The zero-order chi connectivity index (χ0) is 27.2. The zero-order valence-electron chi connectivity index (χ0n) is 21.0. The number of para-hydroxylation sites is 1. The predicted octanol–water partition coefficient (Wildman–Crippen LogP) is 5.75. The summed E-state index contributed by atoms with van der Waals surface area (Å²) in [4.78, 5) is 37.3. The first-order valence-corrected chi connectivity index (χ1v) is 15.0. The normalized spacial score (nSPS) is 19.1. The maximum absolute atomic E-state index is 13.4. The van der Waals surface area contributed by atoms with Crippen molar-refractivity contribution in [1.29, 1.82) is 0 Å². The zero-order valence-corrected chi connectivity index (χ0v) is 25.8. The smallest absolute Gasteiger partial charge is 0.281 e. The predicted molar refractivity (Wildman–Crippen MR) is 164 cm³/mol. The van der Waals surface area contributed by atoms with Crippen molar-refractivity contribution < 1.29 is 4.79 Å². The fraction of sp³-hybridized carbons (Fsp3) is 0.231. The van der Waals surface area contributed by atoms with Crippen LogP contribution in [-0.4, -0.2) is 43.2 Å². The van der Waals surface area contributed by atoms with E-state index in [1.165, 1.54) is 23.1 Å². The molecule has 0 spiro atoms. The molecule has 196 valence electrons. The summed E-state index contributed by atoms with van der Waals surface area (Å²) in [5.74, 6) is -0.207. The molecule has 2 unspecified atom stereocenters. The fourth-order valence-electron chi connectivity index (χ4n) is 4.15. The molecule has 12 heteroatoms. The quantitative estimate of drug-likeness (QED) is 0.263. The topological polar surface area (TPSA) is 84.5 Å². The summed E-state index contributed by atoms with van der Waals surface area (Å²) in [6, 6.07) is 17.5. The number of benzene rings is 2. The molecule has 4 aromatic rings. The number of thiazole rings is 1. The number of anilines is 1. The molecule has 38 heavy (non-hydrogen) atoms. The van der Waals surface area contributed by atoms with Gasteiger partial charge in [-0.05, 0) is 36.8 Å². The SMILES string of the molecule is Cc1c(-c2csc(/N=C3\NC(=O)C(Br)(C(Br)c4ccc(N(C)C)cc4)S3)n2)c(=O)n(-c2ccccc2)n1C. The minimum atomic E-state index is -0.981. The first-order valence-electron chi connectivity index (χ1n) is 11.6. The lowest BCUT2D eigenvalue weighted by Gasteiger charge is -2.24. The number of alkyl halides is 2. The highest BCUT2D eigenvalue weighted by molar-refractivity contribution is 9.14. The molecule has 1 N–H and O–H groups in total. The van der Waals surface area contributed by atoms with Crippen LogP contribution in [0.4, 0.5) is 10.8 Å². The molecule has 1 aliphatic heterocycles. The molecule has 8 nitrogen and oxygen atoms in total. The van der Waals surface area contributed by atoms with E-state index in [4.69, 9.17) is 0 Å². The third kappa shape index (κ3) is 4.78. The van der Waals surface area contributed by atoms with Crippen LogP contribution in [0.25, 0.3) is 16.9 Å². The third-order valence-corrected chi connectivity index (χ3v) is 11.6. The number of thioether (sulfide) groups is 1. The van der Waals surface area contributed by atoms with E-state index in [1.807, 2.05) is 97.6 Å². The molecule has 0 saturated carbocycles. The lowest BCUT2D eigenvalue weighted by atomic mass is 10.1. The van der Waals surface area contributed by atoms with Gasteiger partial charge in [0.1, 0.15) is 0 Å². The number of hydrogen-bond acceptors (Lipinski definition) is 7. The first kappa shape index (κ1) is 26.9. The summed E-state index contributed by atoms with van der Waals surface area (Å²) in [5.41, 5.74) is 4.55. The molecule has 0 aliphatic carbocycles. The van der Waals surface area contributed by atoms with Gasteiger partial charge in [0.15, 0.2) is 8.82 Å². The van der Waals surface area contributed by atoms with Gasteiger partial charge in [-0.3, -0.25) is 14.3 Å². The van der Waals surface area contributed by atoms with Crippen LogP contribution >= 0.6 is 55.0 Å². The highest BCUT2D eigenvalue weighted by atomic mass is 79.9. The lowest BCUT2D eigenvalue weighted by molar-refractivity contribution is -0.119. The second-order valence-corrected chi connectivity index (χ2v) is 13.7. The van der Waals surface area contributed by atoms with Crippen molar-refractivity contribution in [2.75, 3.05) is 19.0 Å². The Morgan fingerprint density at radius 1 is 1.11 bits per heavy atom. The van der Waals surface area contributed by atoms with Crippen molar-refractivity contribution in [1.82, 2.24) is 19.7 Å². The number of aromatic nitrogens is 3. The van der Waals surface area contributed by atoms with Crippen molar-refractivity contribution in [2.24, 2.45) is 12.0 Å². The number of nitrogens with one attached hydrogen (secondary N) is 1. The van der Waals surface area contributed by atoms with Crippen LogP contribution in [0.3, 0.4) is 0 Å². The van der Waals surface area contributed by atoms with Crippen molar-refractivity contribution in [3.8, 4) is 16.9 Å². The monoisotopic (exact) mass is 674 g/mol. The molecule has 0 bridgehead atoms. The van der Waals surface area contributed by atoms with Crippen LogP contribution < -0.4 is 15.8 Å². The van der Waals surface area contributed by atoms with Crippen molar-refractivity contribution in [3.63, 3.8) is 0 Å². The number of carbonyl (C=O) groups excluding carboxylic acids is 1. The Kier molecular flexibility index (Phi) is 7.42. The lowest BCUT2D eigenvalue weighted by Crippen LogP contribution is -2.34. The number of aliphatic imine (C=N–C) groups is 1. The van der Waals surface area contributed by atoms with E-state index in [0.717, 1.165) is 22.6 Å². The van der Waals surface area contributed by atoms with E-state index in [-0.39, 0.29) is 16.3 Å². The van der Waals surface area contributed by atoms with E-state index in [2.05, 4.69) is 47.2 Å². The molecule has 2 atom stereocenters. The van der Waals surface area contributed by atoms with Gasteiger partial charge in [0, 0.05) is 37.9 Å². The molecule has 1 aliphatic rings. The van der Waals surface area contributed by atoms with Crippen molar-refractivity contribution >= 4 is 76.9 Å². The largest absolute Gasteiger partial charge is 0.378 e. The Bertz CT molecular complexity index is 1590. The molecule has 3 heterocycles. The highest BCUT2D eigenvalue weighted by Crippen LogP contribution is 2.52. The third-order valence-electron chi connectivity index (χ3n) is 6.30. The van der Waals surface area contributed by atoms with Crippen molar-refractivity contribution in [3.05, 3.63) is 81.6 Å². The van der Waals surface area contributed by atoms with Crippen LogP contribution in [0.1, 0.15) is 16.1 Å². The Morgan fingerprint density at radius 2 is 1.79 bits per heavy atom. The average Bonchev–Trinajstić information content (AvgIpc) is 3.54. The van der Waals surface area contributed by atoms with E-state index in [0.29, 0.717) is 21.6 Å². The highest BCUT2D eigenvalue weighted by Gasteiger charge is 2.50. The second kappa shape index (κ2) is 10.5. The molecule has 0 radical (unpaired) electrons. The van der Waals surface area contributed by atoms with E-state index < -0.39 is 3.66 Å². The van der Waals surface area contributed by atoms with Gasteiger partial charge in [0.05, 0.1) is 21.8 Å². The Hall–Kier alpha value is -2.67. The fourth-order valence-corrected chi connectivity index (χ4v) is 7.45. The number of hydrogen-bond donors (Lipinski definition) is 1. The van der Waals surface area contributed by atoms with E-state index in [9.17, 15) is 9.59 Å². The summed E-state index contributed by atoms with van der Waals surface area (Å²) in [6.07, 6.45) is 0. The minimum Gasteiger partial charge on any atom is -0.378 e. The van der Waals surface area contributed by atoms with Crippen LogP contribution in [0, 0.1) is 6.92 Å². The van der Waals surface area contributed by atoms with E-state index >= 15 is 0 Å². The summed E-state index contributed by atoms with van der Waals surface area (Å²) >= 11 is 9.98. The number of rotatable bonds is 6. The summed E-state index contributed by atoms with van der Waals surface area (Å²) < 4.78 is 2.47. The van der Waals surface area contributed by atoms with Crippen LogP contribution in [0.5, 0.6) is 0 Å². The Balaban J connectivity index is 1.40. The van der Waals surface area contributed by atoms with Crippen LogP contribution in [0.2, 0.25) is 0 Å². The number of carbonyl (C=O) groups is 1. The number of amides is 1. The number of halogens is 2. The molecule has 1 fully saturated rings. The van der Waals surface area contributed by atoms with Gasteiger partial charge in [-0.2, -0.15) is 4.99 Å². The summed E-state index contributed by atoms with van der Waals surface area (Å²) in [6.45, 7) is 1.90. The van der Waals surface area contributed by atoms with Gasteiger partial charge in [-0.1, -0.05) is 74.0 Å². The van der Waals surface area contributed by atoms with Crippen molar-refractivity contribution in [2.45, 2.75) is 15.4 Å². The average molecular weight is 676 g/mol.